The molecule has 1 N–H and O–H groups in total. The van der Waals surface area contributed by atoms with Crippen molar-refractivity contribution < 1.29 is 14.3 Å². The first-order valence-corrected chi connectivity index (χ1v) is 10.8. The monoisotopic (exact) mass is 437 g/mol. The van der Waals surface area contributed by atoms with Crippen molar-refractivity contribution in [2.24, 2.45) is 0 Å². The fourth-order valence-electron chi connectivity index (χ4n) is 3.53. The van der Waals surface area contributed by atoms with Gasteiger partial charge in [0.1, 0.15) is 12.2 Å². The number of hydrogen-bond donors (Lipinski definition) is 1. The molecule has 0 aliphatic carbocycles. The Morgan fingerprint density at radius 1 is 1.03 bits per heavy atom. The lowest BCUT2D eigenvalue weighted by atomic mass is 10.1. The van der Waals surface area contributed by atoms with Gasteiger partial charge in [0.25, 0.3) is 0 Å². The van der Waals surface area contributed by atoms with Crippen molar-refractivity contribution in [3.8, 4) is 22.8 Å². The number of nitrogens with zero attached hydrogens (tertiary/aromatic N) is 4. The van der Waals surface area contributed by atoms with E-state index in [0.717, 1.165) is 29.9 Å². The summed E-state index contributed by atoms with van der Waals surface area (Å²) in [4.78, 5) is 14.6. The number of rotatable bonds is 11. The zero-order valence-corrected chi connectivity index (χ0v) is 19.2. The van der Waals surface area contributed by atoms with Crippen LogP contribution in [0.25, 0.3) is 11.3 Å². The number of methoxy groups -OCH3 is 2. The molecule has 8 heteroatoms. The van der Waals surface area contributed by atoms with Gasteiger partial charge in [-0.3, -0.25) is 4.79 Å². The second-order valence-electron chi connectivity index (χ2n) is 7.31. The van der Waals surface area contributed by atoms with Gasteiger partial charge in [0.15, 0.2) is 11.5 Å². The van der Waals surface area contributed by atoms with Crippen LogP contribution in [0.4, 0.5) is 5.69 Å². The van der Waals surface area contributed by atoms with Gasteiger partial charge < -0.3 is 19.7 Å². The highest BCUT2D eigenvalue weighted by Gasteiger charge is 2.09. The van der Waals surface area contributed by atoms with Gasteiger partial charge in [-0.25, -0.2) is 4.68 Å². The Balaban J connectivity index is 1.51. The molecule has 0 bridgehead atoms. The number of anilines is 1. The molecule has 0 atom stereocenters. The molecule has 170 valence electrons. The van der Waals surface area contributed by atoms with Crippen LogP contribution in [0.2, 0.25) is 0 Å². The third kappa shape index (κ3) is 5.78. The third-order valence-electron chi connectivity index (χ3n) is 5.32. The first-order chi connectivity index (χ1) is 15.6. The molecule has 3 aromatic rings. The summed E-state index contributed by atoms with van der Waals surface area (Å²) in [5.74, 6) is 1.25. The summed E-state index contributed by atoms with van der Waals surface area (Å²) in [6, 6.07) is 14.0. The lowest BCUT2D eigenvalue weighted by Crippen LogP contribution is -2.29. The van der Waals surface area contributed by atoms with E-state index in [1.807, 2.05) is 30.3 Å². The Morgan fingerprint density at radius 2 is 1.75 bits per heavy atom. The molecule has 0 aliphatic rings. The van der Waals surface area contributed by atoms with E-state index in [-0.39, 0.29) is 12.5 Å². The minimum absolute atomic E-state index is 0.112. The van der Waals surface area contributed by atoms with Crippen LogP contribution in [0.1, 0.15) is 19.4 Å². The van der Waals surface area contributed by atoms with Crippen molar-refractivity contribution in [3.63, 3.8) is 0 Å². The Labute approximate surface area is 189 Å². The minimum Gasteiger partial charge on any atom is -0.493 e. The molecule has 1 heterocycles. The van der Waals surface area contributed by atoms with E-state index in [2.05, 4.69) is 46.5 Å². The lowest BCUT2D eigenvalue weighted by molar-refractivity contribution is -0.121. The maximum atomic E-state index is 12.3. The number of carbonyl (C=O) groups is 1. The molecular weight excluding hydrogens is 406 g/mol. The average Bonchev–Trinajstić information content (AvgIpc) is 3.28. The van der Waals surface area contributed by atoms with E-state index in [1.165, 1.54) is 5.69 Å². The van der Waals surface area contributed by atoms with E-state index >= 15 is 0 Å². The van der Waals surface area contributed by atoms with Crippen LogP contribution in [0.3, 0.4) is 0 Å². The maximum Gasteiger partial charge on any atom is 0.241 e. The molecule has 32 heavy (non-hydrogen) atoms. The van der Waals surface area contributed by atoms with Crippen molar-refractivity contribution >= 4 is 11.6 Å². The third-order valence-corrected chi connectivity index (χ3v) is 5.32. The van der Waals surface area contributed by atoms with Gasteiger partial charge in [-0.15, -0.1) is 5.10 Å². The highest BCUT2D eigenvalue weighted by molar-refractivity contribution is 5.75. The summed E-state index contributed by atoms with van der Waals surface area (Å²) >= 11 is 0. The number of hydrogen-bond acceptors (Lipinski definition) is 6. The molecule has 8 nitrogen and oxygen atoms in total. The van der Waals surface area contributed by atoms with Gasteiger partial charge in [0, 0.05) is 30.9 Å². The molecule has 0 fully saturated rings. The molecule has 1 amide bonds. The van der Waals surface area contributed by atoms with Gasteiger partial charge in [-0.1, -0.05) is 23.4 Å². The maximum absolute atomic E-state index is 12.3. The molecule has 0 unspecified atom stereocenters. The van der Waals surface area contributed by atoms with Gasteiger partial charge in [-0.2, -0.15) is 0 Å². The van der Waals surface area contributed by atoms with E-state index in [9.17, 15) is 4.79 Å². The highest BCUT2D eigenvalue weighted by Crippen LogP contribution is 2.27. The van der Waals surface area contributed by atoms with Crippen LogP contribution in [-0.4, -0.2) is 54.8 Å². The molecule has 0 aliphatic heterocycles. The number of carbonyl (C=O) groups excluding carboxylic acids is 1. The van der Waals surface area contributed by atoms with Crippen LogP contribution in [0, 0.1) is 0 Å². The molecule has 3 rings (SSSR count). The lowest BCUT2D eigenvalue weighted by Gasteiger charge is -2.20. The average molecular weight is 438 g/mol. The summed E-state index contributed by atoms with van der Waals surface area (Å²) in [5.41, 5.74) is 3.95. The second kappa shape index (κ2) is 11.2. The van der Waals surface area contributed by atoms with Crippen LogP contribution < -0.4 is 19.7 Å². The summed E-state index contributed by atoms with van der Waals surface area (Å²) in [7, 11) is 3.21. The highest BCUT2D eigenvalue weighted by atomic mass is 16.5. The fraction of sp³-hybridized carbons (Fsp3) is 0.375. The fourth-order valence-corrected chi connectivity index (χ4v) is 3.53. The van der Waals surface area contributed by atoms with Crippen molar-refractivity contribution in [3.05, 3.63) is 54.2 Å². The summed E-state index contributed by atoms with van der Waals surface area (Å²) < 4.78 is 12.1. The zero-order valence-electron chi connectivity index (χ0n) is 19.2. The Hall–Kier alpha value is -3.55. The number of benzene rings is 2. The smallest absolute Gasteiger partial charge is 0.241 e. The Bertz CT molecular complexity index is 1010. The number of aromatic nitrogens is 3. The van der Waals surface area contributed by atoms with Crippen LogP contribution in [0.5, 0.6) is 11.5 Å². The Morgan fingerprint density at radius 3 is 2.41 bits per heavy atom. The van der Waals surface area contributed by atoms with E-state index in [4.69, 9.17) is 9.47 Å². The summed E-state index contributed by atoms with van der Waals surface area (Å²) in [6.45, 7) is 6.85. The second-order valence-corrected chi connectivity index (χ2v) is 7.31. The van der Waals surface area contributed by atoms with Gasteiger partial charge >= 0.3 is 0 Å². The minimum atomic E-state index is -0.112. The SMILES string of the molecule is CCN(CC)c1ccc(-c2cn(CC(=O)NCCc3ccc(OC)c(OC)c3)nn2)cc1. The largest absolute Gasteiger partial charge is 0.493 e. The van der Waals surface area contributed by atoms with Crippen LogP contribution in [-0.2, 0) is 17.8 Å². The number of ether oxygens (including phenoxy) is 2. The quantitative estimate of drug-likeness (QED) is 0.496. The van der Waals surface area contributed by atoms with Crippen molar-refractivity contribution in [1.82, 2.24) is 20.3 Å². The van der Waals surface area contributed by atoms with Crippen molar-refractivity contribution in [1.29, 1.82) is 0 Å². The van der Waals surface area contributed by atoms with Gasteiger partial charge in [0.05, 0.1) is 20.4 Å². The standard InChI is InChI=1S/C24H31N5O3/c1-5-28(6-2)20-10-8-19(9-11-20)21-16-29(27-26-21)17-24(30)25-14-13-18-7-12-22(31-3)23(15-18)32-4/h7-12,15-16H,5-6,13-14,17H2,1-4H3,(H,25,30). The predicted octanol–water partition coefficient (Wildman–Crippen LogP) is 3.17. The van der Waals surface area contributed by atoms with E-state index in [0.29, 0.717) is 24.5 Å². The zero-order chi connectivity index (χ0) is 22.9. The number of amides is 1. The summed E-state index contributed by atoms with van der Waals surface area (Å²) in [6.07, 6.45) is 2.48. The van der Waals surface area contributed by atoms with Crippen molar-refractivity contribution in [2.75, 3.05) is 38.8 Å². The first-order valence-electron chi connectivity index (χ1n) is 10.8. The Kier molecular flexibility index (Phi) is 8.08. The molecule has 1 aromatic heterocycles. The molecule has 0 spiro atoms. The molecule has 0 saturated heterocycles. The van der Waals surface area contributed by atoms with Crippen LogP contribution in [0.15, 0.2) is 48.7 Å². The first kappa shape index (κ1) is 23.1. The van der Waals surface area contributed by atoms with E-state index < -0.39 is 0 Å². The number of nitrogens with one attached hydrogen (secondary N) is 1. The van der Waals surface area contributed by atoms with Crippen molar-refractivity contribution in [2.45, 2.75) is 26.8 Å². The van der Waals surface area contributed by atoms with Gasteiger partial charge in [0.2, 0.25) is 5.91 Å². The molecular formula is C24H31N5O3. The van der Waals surface area contributed by atoms with Crippen LogP contribution >= 0.6 is 0 Å². The topological polar surface area (TPSA) is 81.5 Å². The molecule has 0 saturated carbocycles. The summed E-state index contributed by atoms with van der Waals surface area (Å²) in [5, 5.41) is 11.2. The molecule has 0 radical (unpaired) electrons. The normalized spacial score (nSPS) is 10.6. The molecule has 2 aromatic carbocycles. The van der Waals surface area contributed by atoms with Gasteiger partial charge in [-0.05, 0) is 50.1 Å². The predicted molar refractivity (Wildman–Crippen MR) is 125 cm³/mol. The van der Waals surface area contributed by atoms with E-state index in [1.54, 1.807) is 25.1 Å².